The number of anilines is 1. The number of carbonyl (C=O) groups excluding carboxylic acids is 1. The van der Waals surface area contributed by atoms with Crippen LogP contribution in [0.1, 0.15) is 12.8 Å². The standard InChI is InChI=1S/C14H17F3N2O3/c15-9-1-2-11(12(7-9)22-8-13(16)17)18-14(21)19-5-3-10(20)4-6-19/h1-2,7,10,13,20H,3-6,8H2,(H,18,21). The lowest BCUT2D eigenvalue weighted by Crippen LogP contribution is -2.42. The number of amides is 2. The molecule has 0 unspecified atom stereocenters. The number of halogens is 3. The highest BCUT2D eigenvalue weighted by Gasteiger charge is 2.22. The molecule has 0 aliphatic carbocycles. The summed E-state index contributed by atoms with van der Waals surface area (Å²) in [4.78, 5) is 13.6. The lowest BCUT2D eigenvalue weighted by Gasteiger charge is -2.29. The molecule has 22 heavy (non-hydrogen) atoms. The van der Waals surface area contributed by atoms with Gasteiger partial charge in [-0.05, 0) is 25.0 Å². The maximum absolute atomic E-state index is 13.2. The van der Waals surface area contributed by atoms with E-state index in [1.54, 1.807) is 0 Å². The molecule has 1 heterocycles. The highest BCUT2D eigenvalue weighted by Crippen LogP contribution is 2.26. The Bertz CT molecular complexity index is 520. The van der Waals surface area contributed by atoms with Crippen molar-refractivity contribution >= 4 is 11.7 Å². The van der Waals surface area contributed by atoms with Gasteiger partial charge in [-0.1, -0.05) is 0 Å². The molecule has 0 atom stereocenters. The normalized spacial score (nSPS) is 16.0. The average Bonchev–Trinajstić information content (AvgIpc) is 2.48. The Hall–Kier alpha value is -1.96. The Kier molecular flexibility index (Phi) is 5.48. The molecule has 2 N–H and O–H groups in total. The van der Waals surface area contributed by atoms with E-state index >= 15 is 0 Å². The third-order valence-electron chi connectivity index (χ3n) is 3.30. The number of piperidine rings is 1. The highest BCUT2D eigenvalue weighted by molar-refractivity contribution is 5.91. The van der Waals surface area contributed by atoms with Crippen LogP contribution in [0.15, 0.2) is 18.2 Å². The van der Waals surface area contributed by atoms with E-state index in [0.717, 1.165) is 12.1 Å². The summed E-state index contributed by atoms with van der Waals surface area (Å²) in [5, 5.41) is 11.9. The molecule has 0 bridgehead atoms. The number of carbonyl (C=O) groups is 1. The second-order valence-electron chi connectivity index (χ2n) is 4.99. The van der Waals surface area contributed by atoms with Crippen molar-refractivity contribution in [3.8, 4) is 5.75 Å². The number of rotatable bonds is 4. The summed E-state index contributed by atoms with van der Waals surface area (Å²) in [6, 6.07) is 2.86. The quantitative estimate of drug-likeness (QED) is 0.896. The third-order valence-corrected chi connectivity index (χ3v) is 3.30. The van der Waals surface area contributed by atoms with E-state index in [9.17, 15) is 23.1 Å². The van der Waals surface area contributed by atoms with E-state index in [1.165, 1.54) is 11.0 Å². The van der Waals surface area contributed by atoms with Gasteiger partial charge in [-0.15, -0.1) is 0 Å². The van der Waals surface area contributed by atoms with Gasteiger partial charge in [0.25, 0.3) is 6.43 Å². The zero-order valence-electron chi connectivity index (χ0n) is 11.8. The zero-order valence-corrected chi connectivity index (χ0v) is 11.8. The molecule has 0 saturated carbocycles. The molecule has 0 spiro atoms. The lowest BCUT2D eigenvalue weighted by molar-refractivity contribution is 0.0820. The van der Waals surface area contributed by atoms with Gasteiger partial charge in [-0.25, -0.2) is 18.0 Å². The third kappa shape index (κ3) is 4.52. The monoisotopic (exact) mass is 318 g/mol. The zero-order chi connectivity index (χ0) is 16.1. The van der Waals surface area contributed by atoms with Crippen LogP contribution in [0, 0.1) is 5.82 Å². The number of ether oxygens (including phenoxy) is 1. The highest BCUT2D eigenvalue weighted by atomic mass is 19.3. The van der Waals surface area contributed by atoms with Crippen molar-refractivity contribution in [1.82, 2.24) is 4.90 Å². The second-order valence-corrected chi connectivity index (χ2v) is 4.99. The van der Waals surface area contributed by atoms with Crippen molar-refractivity contribution in [2.45, 2.75) is 25.4 Å². The summed E-state index contributed by atoms with van der Waals surface area (Å²) in [5.41, 5.74) is 0.123. The van der Waals surface area contributed by atoms with Crippen LogP contribution in [0.25, 0.3) is 0 Å². The van der Waals surface area contributed by atoms with Crippen molar-refractivity contribution in [3.05, 3.63) is 24.0 Å². The smallest absolute Gasteiger partial charge is 0.321 e. The minimum Gasteiger partial charge on any atom is -0.485 e. The number of likely N-dealkylation sites (tertiary alicyclic amines) is 1. The van der Waals surface area contributed by atoms with E-state index in [1.807, 2.05) is 0 Å². The first-order valence-electron chi connectivity index (χ1n) is 6.90. The lowest BCUT2D eigenvalue weighted by atomic mass is 10.1. The van der Waals surface area contributed by atoms with Gasteiger partial charge in [0, 0.05) is 19.2 Å². The average molecular weight is 318 g/mol. The van der Waals surface area contributed by atoms with E-state index in [2.05, 4.69) is 5.32 Å². The molecular weight excluding hydrogens is 301 g/mol. The minimum atomic E-state index is -2.70. The molecule has 1 aliphatic heterocycles. The predicted octanol–water partition coefficient (Wildman–Crippen LogP) is 2.46. The van der Waals surface area contributed by atoms with Crippen LogP contribution in [0.3, 0.4) is 0 Å². The molecule has 1 saturated heterocycles. The van der Waals surface area contributed by atoms with E-state index < -0.39 is 31.0 Å². The molecule has 1 aromatic carbocycles. The minimum absolute atomic E-state index is 0.123. The summed E-state index contributed by atoms with van der Waals surface area (Å²) in [6.45, 7) is -0.106. The van der Waals surface area contributed by atoms with Crippen LogP contribution in [-0.2, 0) is 0 Å². The van der Waals surface area contributed by atoms with Crippen LogP contribution in [0.5, 0.6) is 5.75 Å². The number of nitrogens with zero attached hydrogens (tertiary/aromatic N) is 1. The fourth-order valence-corrected chi connectivity index (χ4v) is 2.13. The molecule has 0 aromatic heterocycles. The summed E-state index contributed by atoms with van der Waals surface area (Å²) in [7, 11) is 0. The van der Waals surface area contributed by atoms with E-state index in [4.69, 9.17) is 4.74 Å². The molecule has 0 radical (unpaired) electrons. The Balaban J connectivity index is 2.03. The van der Waals surface area contributed by atoms with Crippen LogP contribution in [0.4, 0.5) is 23.7 Å². The topological polar surface area (TPSA) is 61.8 Å². The molecule has 8 heteroatoms. The first kappa shape index (κ1) is 16.4. The largest absolute Gasteiger partial charge is 0.485 e. The number of benzene rings is 1. The number of hydrogen-bond acceptors (Lipinski definition) is 3. The van der Waals surface area contributed by atoms with Crippen molar-refractivity contribution in [3.63, 3.8) is 0 Å². The molecule has 1 aliphatic rings. The molecule has 122 valence electrons. The van der Waals surface area contributed by atoms with Gasteiger partial charge < -0.3 is 20.1 Å². The van der Waals surface area contributed by atoms with Gasteiger partial charge in [0.05, 0.1) is 11.8 Å². The number of aliphatic hydroxyl groups is 1. The maximum Gasteiger partial charge on any atom is 0.321 e. The van der Waals surface area contributed by atoms with Crippen molar-refractivity contribution in [2.24, 2.45) is 0 Å². The molecule has 2 amide bonds. The van der Waals surface area contributed by atoms with Gasteiger partial charge in [-0.2, -0.15) is 0 Å². The molecular formula is C14H17F3N2O3. The number of urea groups is 1. The summed E-state index contributed by atoms with van der Waals surface area (Å²) in [5.74, 6) is -0.797. The summed E-state index contributed by atoms with van der Waals surface area (Å²) < 4.78 is 42.4. The number of hydrogen-bond donors (Lipinski definition) is 2. The fourth-order valence-electron chi connectivity index (χ4n) is 2.13. The number of alkyl halides is 2. The van der Waals surface area contributed by atoms with Gasteiger partial charge in [0.2, 0.25) is 0 Å². The first-order valence-corrected chi connectivity index (χ1v) is 6.90. The maximum atomic E-state index is 13.2. The first-order chi connectivity index (χ1) is 10.5. The molecule has 2 rings (SSSR count). The van der Waals surface area contributed by atoms with Crippen molar-refractivity contribution < 1.29 is 27.8 Å². The predicted molar refractivity (Wildman–Crippen MR) is 73.7 cm³/mol. The van der Waals surface area contributed by atoms with E-state index in [0.29, 0.717) is 25.9 Å². The van der Waals surface area contributed by atoms with Gasteiger partial charge >= 0.3 is 6.03 Å². The molecule has 5 nitrogen and oxygen atoms in total. The van der Waals surface area contributed by atoms with Gasteiger partial charge in [-0.3, -0.25) is 0 Å². The number of nitrogens with one attached hydrogen (secondary N) is 1. The Morgan fingerprint density at radius 3 is 2.73 bits per heavy atom. The SMILES string of the molecule is O=C(Nc1ccc(F)cc1OCC(F)F)N1CCC(O)CC1. The Morgan fingerprint density at radius 1 is 1.41 bits per heavy atom. The van der Waals surface area contributed by atoms with Crippen LogP contribution >= 0.6 is 0 Å². The van der Waals surface area contributed by atoms with Gasteiger partial charge in [0.1, 0.15) is 18.2 Å². The summed E-state index contributed by atoms with van der Waals surface area (Å²) >= 11 is 0. The summed E-state index contributed by atoms with van der Waals surface area (Å²) in [6.07, 6.45) is -2.16. The molecule has 1 fully saturated rings. The van der Waals surface area contributed by atoms with Crippen LogP contribution < -0.4 is 10.1 Å². The van der Waals surface area contributed by atoms with Crippen LogP contribution in [-0.4, -0.2) is 48.3 Å². The van der Waals surface area contributed by atoms with Crippen molar-refractivity contribution in [2.75, 3.05) is 25.0 Å². The van der Waals surface area contributed by atoms with Crippen LogP contribution in [0.2, 0.25) is 0 Å². The van der Waals surface area contributed by atoms with Crippen molar-refractivity contribution in [1.29, 1.82) is 0 Å². The Labute approximate surface area is 125 Å². The van der Waals surface area contributed by atoms with E-state index in [-0.39, 0.29) is 11.4 Å². The number of aliphatic hydroxyl groups excluding tert-OH is 1. The second kappa shape index (κ2) is 7.35. The molecule has 1 aromatic rings. The Morgan fingerprint density at radius 2 is 2.09 bits per heavy atom. The van der Waals surface area contributed by atoms with Gasteiger partial charge in [0.15, 0.2) is 0 Å². The fraction of sp³-hybridized carbons (Fsp3) is 0.500.